The minimum absolute atomic E-state index is 0.0213. The predicted octanol–water partition coefficient (Wildman–Crippen LogP) is 6.13. The third-order valence-corrected chi connectivity index (χ3v) is 11.8. The smallest absolute Gasteiger partial charge is 0.328 e. The summed E-state index contributed by atoms with van der Waals surface area (Å²) in [6.07, 6.45) is 13.1. The molecule has 5 nitrogen and oxygen atoms in total. The van der Waals surface area contributed by atoms with E-state index in [9.17, 15) is 14.7 Å². The third-order valence-electron chi connectivity index (χ3n) is 11.8. The van der Waals surface area contributed by atoms with E-state index in [2.05, 4.69) is 39.9 Å². The monoisotopic (exact) mass is 503 g/mol. The molecule has 4 saturated carbocycles. The van der Waals surface area contributed by atoms with Gasteiger partial charge in [0.15, 0.2) is 0 Å². The van der Waals surface area contributed by atoms with E-state index in [1.165, 1.54) is 52.1 Å². The van der Waals surface area contributed by atoms with Gasteiger partial charge in [-0.1, -0.05) is 34.6 Å². The van der Waals surface area contributed by atoms with Gasteiger partial charge in [0.2, 0.25) is 5.91 Å². The summed E-state index contributed by atoms with van der Waals surface area (Å²) in [5.74, 6) is 4.35. The van der Waals surface area contributed by atoms with E-state index in [-0.39, 0.29) is 18.0 Å². The number of carbonyl (C=O) groups excluding carboxylic acids is 2. The van der Waals surface area contributed by atoms with Crippen molar-refractivity contribution < 1.29 is 19.4 Å². The van der Waals surface area contributed by atoms with Crippen LogP contribution in [-0.4, -0.2) is 36.2 Å². The Morgan fingerprint density at radius 2 is 1.67 bits per heavy atom. The SMILES string of the molecule is COC(=O)[C@H](CC(C)C)NC(=O)CC[C@@H](C)[C@H]1CC[C@H]2[C@@H]3CC[C@@H]4C[C@H](O)CC[C@]4(C)[C@H]3CC[C@]12C. The average Bonchev–Trinajstić information content (AvgIpc) is 3.19. The second-order valence-corrected chi connectivity index (χ2v) is 14.1. The lowest BCUT2D eigenvalue weighted by Crippen LogP contribution is -2.54. The summed E-state index contributed by atoms with van der Waals surface area (Å²) < 4.78 is 4.92. The molecule has 0 heterocycles. The van der Waals surface area contributed by atoms with Crippen molar-refractivity contribution in [2.45, 2.75) is 124 Å². The highest BCUT2D eigenvalue weighted by Crippen LogP contribution is 2.68. The number of ether oxygens (including phenoxy) is 1. The molecule has 36 heavy (non-hydrogen) atoms. The Hall–Kier alpha value is -1.10. The number of aliphatic hydroxyl groups excluding tert-OH is 1. The molecule has 4 aliphatic rings. The van der Waals surface area contributed by atoms with Crippen molar-refractivity contribution in [1.82, 2.24) is 5.32 Å². The summed E-state index contributed by atoms with van der Waals surface area (Å²) in [7, 11) is 1.39. The van der Waals surface area contributed by atoms with E-state index < -0.39 is 6.04 Å². The molecule has 0 aromatic rings. The summed E-state index contributed by atoms with van der Waals surface area (Å²) in [6, 6.07) is -0.543. The maximum absolute atomic E-state index is 12.8. The molecule has 1 amide bonds. The number of fused-ring (bicyclic) bond motifs is 5. The fraction of sp³-hybridized carbons (Fsp3) is 0.935. The van der Waals surface area contributed by atoms with Crippen molar-refractivity contribution in [1.29, 1.82) is 0 Å². The molecule has 10 atom stereocenters. The van der Waals surface area contributed by atoms with E-state index >= 15 is 0 Å². The molecule has 0 aliphatic heterocycles. The number of methoxy groups -OCH3 is 1. The number of hydrogen-bond donors (Lipinski definition) is 2. The average molecular weight is 504 g/mol. The quantitative estimate of drug-likeness (QED) is 0.391. The number of hydrogen-bond acceptors (Lipinski definition) is 4. The van der Waals surface area contributed by atoms with Crippen LogP contribution in [0.25, 0.3) is 0 Å². The van der Waals surface area contributed by atoms with Gasteiger partial charge in [-0.2, -0.15) is 0 Å². The van der Waals surface area contributed by atoms with Gasteiger partial charge in [-0.05, 0) is 123 Å². The van der Waals surface area contributed by atoms with Crippen LogP contribution >= 0.6 is 0 Å². The van der Waals surface area contributed by atoms with E-state index in [1.54, 1.807) is 0 Å². The molecule has 2 N–H and O–H groups in total. The van der Waals surface area contributed by atoms with Gasteiger partial charge >= 0.3 is 5.97 Å². The Balaban J connectivity index is 1.36. The Bertz CT molecular complexity index is 797. The Kier molecular flexibility index (Phi) is 8.49. The zero-order chi connectivity index (χ0) is 26.3. The van der Waals surface area contributed by atoms with Crippen molar-refractivity contribution in [2.24, 2.45) is 52.3 Å². The minimum Gasteiger partial charge on any atom is -0.467 e. The highest BCUT2D eigenvalue weighted by atomic mass is 16.5. The van der Waals surface area contributed by atoms with Gasteiger partial charge in [0.05, 0.1) is 13.2 Å². The molecule has 0 saturated heterocycles. The number of carbonyl (C=O) groups is 2. The summed E-state index contributed by atoms with van der Waals surface area (Å²) in [6.45, 7) is 11.6. The second kappa shape index (κ2) is 10.9. The van der Waals surface area contributed by atoms with E-state index in [0.717, 1.165) is 37.0 Å². The van der Waals surface area contributed by atoms with Gasteiger partial charge in [-0.15, -0.1) is 0 Å². The second-order valence-electron chi connectivity index (χ2n) is 14.1. The molecule has 4 fully saturated rings. The molecule has 0 aromatic carbocycles. The standard InChI is InChI=1S/C31H53NO4/c1-19(2)17-27(29(35)36-6)32-28(34)12-7-20(3)24-10-11-25-23-9-8-21-18-22(33)13-15-30(21,4)26(23)14-16-31(24,25)5/h19-27,33H,7-18H2,1-6H3,(H,32,34)/t20-,21-,22-,23+,24-,25+,26+,27+,30+,31-/m1/s1. The van der Waals surface area contributed by atoms with Crippen molar-refractivity contribution in [3.8, 4) is 0 Å². The zero-order valence-electron chi connectivity index (χ0n) is 23.9. The van der Waals surface area contributed by atoms with Gasteiger partial charge in [0, 0.05) is 6.42 Å². The predicted molar refractivity (Wildman–Crippen MR) is 143 cm³/mol. The maximum Gasteiger partial charge on any atom is 0.328 e. The first-order valence-corrected chi connectivity index (χ1v) is 15.0. The summed E-state index contributed by atoms with van der Waals surface area (Å²) in [5.41, 5.74) is 0.818. The van der Waals surface area contributed by atoms with Crippen LogP contribution in [0.4, 0.5) is 0 Å². The van der Waals surface area contributed by atoms with Crippen molar-refractivity contribution in [2.75, 3.05) is 7.11 Å². The van der Waals surface area contributed by atoms with Crippen LogP contribution in [0.15, 0.2) is 0 Å². The Morgan fingerprint density at radius 1 is 0.972 bits per heavy atom. The van der Waals surface area contributed by atoms with Gasteiger partial charge < -0.3 is 15.2 Å². The van der Waals surface area contributed by atoms with Gasteiger partial charge in [-0.25, -0.2) is 4.79 Å². The van der Waals surface area contributed by atoms with Crippen LogP contribution in [0.5, 0.6) is 0 Å². The van der Waals surface area contributed by atoms with E-state index in [0.29, 0.717) is 47.3 Å². The molecule has 4 rings (SSSR count). The molecule has 206 valence electrons. The van der Waals surface area contributed by atoms with Crippen LogP contribution in [0, 0.1) is 52.3 Å². The molecule has 0 spiro atoms. The molecule has 0 unspecified atom stereocenters. The van der Waals surface area contributed by atoms with Gasteiger partial charge in [0.25, 0.3) is 0 Å². The number of esters is 1. The first kappa shape index (κ1) is 27.9. The van der Waals surface area contributed by atoms with Crippen molar-refractivity contribution in [3.63, 3.8) is 0 Å². The van der Waals surface area contributed by atoms with E-state index in [4.69, 9.17) is 4.74 Å². The largest absolute Gasteiger partial charge is 0.467 e. The lowest BCUT2D eigenvalue weighted by atomic mass is 9.44. The third kappa shape index (κ3) is 5.24. The lowest BCUT2D eigenvalue weighted by molar-refractivity contribution is -0.145. The molecule has 0 radical (unpaired) electrons. The van der Waals surface area contributed by atoms with Gasteiger partial charge in [0.1, 0.15) is 6.04 Å². The van der Waals surface area contributed by atoms with Crippen LogP contribution in [-0.2, 0) is 14.3 Å². The first-order valence-electron chi connectivity index (χ1n) is 15.0. The number of aliphatic hydroxyl groups is 1. The van der Waals surface area contributed by atoms with Crippen LogP contribution in [0.3, 0.4) is 0 Å². The Labute approximate surface area is 219 Å². The summed E-state index contributed by atoms with van der Waals surface area (Å²) in [4.78, 5) is 24.9. The lowest BCUT2D eigenvalue weighted by Gasteiger charge is -2.61. The Morgan fingerprint density at radius 3 is 2.36 bits per heavy atom. The minimum atomic E-state index is -0.543. The summed E-state index contributed by atoms with van der Waals surface area (Å²) >= 11 is 0. The molecular weight excluding hydrogens is 450 g/mol. The summed E-state index contributed by atoms with van der Waals surface area (Å²) in [5, 5.41) is 13.3. The molecular formula is C31H53NO4. The van der Waals surface area contributed by atoms with Crippen LogP contribution in [0.1, 0.15) is 112 Å². The zero-order valence-corrected chi connectivity index (χ0v) is 23.9. The normalized spacial score (nSPS) is 41.6. The molecule has 0 aromatic heterocycles. The number of nitrogens with one attached hydrogen (secondary N) is 1. The fourth-order valence-electron chi connectivity index (χ4n) is 9.86. The number of amides is 1. The van der Waals surface area contributed by atoms with Gasteiger partial charge in [-0.3, -0.25) is 4.79 Å². The highest BCUT2D eigenvalue weighted by Gasteiger charge is 2.60. The van der Waals surface area contributed by atoms with Crippen LogP contribution in [0.2, 0.25) is 0 Å². The van der Waals surface area contributed by atoms with Crippen molar-refractivity contribution in [3.05, 3.63) is 0 Å². The topological polar surface area (TPSA) is 75.6 Å². The van der Waals surface area contributed by atoms with Crippen LogP contribution < -0.4 is 5.32 Å². The first-order chi connectivity index (χ1) is 17.0. The van der Waals surface area contributed by atoms with Crippen molar-refractivity contribution >= 4 is 11.9 Å². The molecule has 0 bridgehead atoms. The van der Waals surface area contributed by atoms with E-state index in [1.807, 2.05) is 0 Å². The maximum atomic E-state index is 12.8. The molecule has 5 heteroatoms. The number of rotatable bonds is 8. The fourth-order valence-corrected chi connectivity index (χ4v) is 9.86. The highest BCUT2D eigenvalue weighted by molar-refractivity contribution is 5.84. The molecule has 4 aliphatic carbocycles.